The molecule has 0 unspecified atom stereocenters. The van der Waals surface area contributed by atoms with E-state index in [1.165, 1.54) is 6.33 Å². The Morgan fingerprint density at radius 1 is 1.15 bits per heavy atom. The lowest BCUT2D eigenvalue weighted by atomic mass is 10.1. The Balaban J connectivity index is 1.46. The van der Waals surface area contributed by atoms with Gasteiger partial charge in [-0.3, -0.25) is 0 Å². The van der Waals surface area contributed by atoms with Gasteiger partial charge in [0.05, 0.1) is 5.39 Å². The Bertz CT molecular complexity index is 1080. The number of hydrogen-bond acceptors (Lipinski definition) is 5. The number of aromatic amines is 1. The van der Waals surface area contributed by atoms with Gasteiger partial charge in [0, 0.05) is 25.3 Å². The van der Waals surface area contributed by atoms with Gasteiger partial charge < -0.3 is 9.88 Å². The lowest BCUT2D eigenvalue weighted by Gasteiger charge is -2.33. The molecule has 1 aliphatic rings. The fraction of sp³-hybridized carbons (Fsp3) is 0.294. The minimum absolute atomic E-state index is 0.363. The van der Waals surface area contributed by atoms with Gasteiger partial charge in [0.1, 0.15) is 34.3 Å². The van der Waals surface area contributed by atoms with Crippen molar-refractivity contribution in [2.24, 2.45) is 0 Å². The molecule has 0 radical (unpaired) electrons. The highest BCUT2D eigenvalue weighted by Gasteiger charge is 2.28. The quantitative estimate of drug-likeness (QED) is 0.709. The van der Waals surface area contributed by atoms with Crippen LogP contribution in [-0.4, -0.2) is 42.5 Å². The molecule has 0 spiro atoms. The van der Waals surface area contributed by atoms with Crippen molar-refractivity contribution in [2.75, 3.05) is 18.0 Å². The fourth-order valence-corrected chi connectivity index (χ4v) is 4.68. The highest BCUT2D eigenvalue weighted by atomic mass is 32.2. The molecule has 142 valence electrons. The van der Waals surface area contributed by atoms with E-state index in [0.717, 1.165) is 29.0 Å². The van der Waals surface area contributed by atoms with Gasteiger partial charge in [-0.15, -0.1) is 0 Å². The zero-order chi connectivity index (χ0) is 19.0. The Kier molecular flexibility index (Phi) is 4.52. The highest BCUT2D eigenvalue weighted by molar-refractivity contribution is 7.89. The second-order valence-corrected chi connectivity index (χ2v) is 8.08. The van der Waals surface area contributed by atoms with Gasteiger partial charge >= 0.3 is 0 Å². The normalized spacial score (nSPS) is 16.1. The first-order valence-corrected chi connectivity index (χ1v) is 9.93. The van der Waals surface area contributed by atoms with E-state index in [1.807, 2.05) is 6.07 Å². The molecule has 1 aromatic carbocycles. The van der Waals surface area contributed by atoms with Crippen molar-refractivity contribution >= 4 is 26.9 Å². The van der Waals surface area contributed by atoms with Crippen LogP contribution in [0.3, 0.4) is 0 Å². The van der Waals surface area contributed by atoms with Crippen LogP contribution >= 0.6 is 0 Å². The van der Waals surface area contributed by atoms with E-state index in [4.69, 9.17) is 0 Å². The predicted molar refractivity (Wildman–Crippen MR) is 95.8 cm³/mol. The van der Waals surface area contributed by atoms with Crippen LogP contribution in [0, 0.1) is 11.6 Å². The van der Waals surface area contributed by atoms with E-state index >= 15 is 0 Å². The molecule has 10 heteroatoms. The monoisotopic (exact) mass is 393 g/mol. The number of anilines is 1. The number of halogens is 2. The van der Waals surface area contributed by atoms with E-state index in [-0.39, 0.29) is 6.04 Å². The highest BCUT2D eigenvalue weighted by Crippen LogP contribution is 2.26. The number of hydrogen-bond donors (Lipinski definition) is 2. The Morgan fingerprint density at radius 2 is 1.93 bits per heavy atom. The van der Waals surface area contributed by atoms with Crippen molar-refractivity contribution in [2.45, 2.75) is 23.8 Å². The summed E-state index contributed by atoms with van der Waals surface area (Å²) in [5.41, 5.74) is 0.740. The maximum Gasteiger partial charge on any atom is 0.243 e. The standard InChI is InChI=1S/C17H17F2N5O2S/c18-11-1-2-14(19)15(9-11)27(25,26)23-12-4-7-24(8-5-12)17-13-3-6-20-16(13)21-10-22-17/h1-3,6,9-10,12,23H,4-5,7-8H2,(H,20,21,22). The van der Waals surface area contributed by atoms with Crippen LogP contribution in [0.5, 0.6) is 0 Å². The first kappa shape index (κ1) is 17.8. The Morgan fingerprint density at radius 3 is 2.70 bits per heavy atom. The minimum Gasteiger partial charge on any atom is -0.356 e. The SMILES string of the molecule is O=S(=O)(NC1CCN(c2ncnc3[nH]ccc23)CC1)c1cc(F)ccc1F. The summed E-state index contributed by atoms with van der Waals surface area (Å²) in [6.45, 7) is 1.16. The predicted octanol–water partition coefficient (Wildman–Crippen LogP) is 2.18. The molecule has 4 rings (SSSR count). The first-order valence-electron chi connectivity index (χ1n) is 8.44. The van der Waals surface area contributed by atoms with Crippen LogP contribution < -0.4 is 9.62 Å². The zero-order valence-electron chi connectivity index (χ0n) is 14.2. The summed E-state index contributed by atoms with van der Waals surface area (Å²) in [5, 5.41) is 0.901. The number of nitrogens with one attached hydrogen (secondary N) is 2. The number of H-pyrrole nitrogens is 1. The maximum absolute atomic E-state index is 13.8. The van der Waals surface area contributed by atoms with E-state index in [2.05, 4.69) is 24.6 Å². The van der Waals surface area contributed by atoms with E-state index in [1.54, 1.807) is 6.20 Å². The van der Waals surface area contributed by atoms with Crippen LogP contribution in [0.25, 0.3) is 11.0 Å². The third-order valence-corrected chi connectivity index (χ3v) is 6.17. The summed E-state index contributed by atoms with van der Waals surface area (Å²) >= 11 is 0. The smallest absolute Gasteiger partial charge is 0.243 e. The number of sulfonamides is 1. The number of piperidine rings is 1. The summed E-state index contributed by atoms with van der Waals surface area (Å²) in [5.74, 6) is -0.984. The van der Waals surface area contributed by atoms with Gasteiger partial charge in [0.15, 0.2) is 0 Å². The molecule has 1 fully saturated rings. The summed E-state index contributed by atoms with van der Waals surface area (Å²) in [6.07, 6.45) is 4.31. The largest absolute Gasteiger partial charge is 0.356 e. The van der Waals surface area contributed by atoms with Crippen molar-refractivity contribution in [3.63, 3.8) is 0 Å². The summed E-state index contributed by atoms with van der Waals surface area (Å²) in [7, 11) is -4.14. The molecule has 0 aliphatic carbocycles. The van der Waals surface area contributed by atoms with Crippen molar-refractivity contribution in [1.82, 2.24) is 19.7 Å². The molecule has 3 aromatic rings. The number of benzene rings is 1. The summed E-state index contributed by atoms with van der Waals surface area (Å²) in [4.78, 5) is 12.9. The molecule has 1 aliphatic heterocycles. The second kappa shape index (κ2) is 6.86. The number of fused-ring (bicyclic) bond motifs is 1. The van der Waals surface area contributed by atoms with Gasteiger partial charge in [0.25, 0.3) is 0 Å². The van der Waals surface area contributed by atoms with E-state index in [9.17, 15) is 17.2 Å². The maximum atomic E-state index is 13.8. The Hall–Kier alpha value is -2.59. The molecule has 7 nitrogen and oxygen atoms in total. The third-order valence-electron chi connectivity index (χ3n) is 4.63. The molecule has 0 saturated carbocycles. The molecule has 2 N–H and O–H groups in total. The van der Waals surface area contributed by atoms with Crippen molar-refractivity contribution in [1.29, 1.82) is 0 Å². The van der Waals surface area contributed by atoms with Gasteiger partial charge in [-0.25, -0.2) is 31.9 Å². The average Bonchev–Trinajstić information content (AvgIpc) is 3.13. The molecule has 0 atom stereocenters. The first-order chi connectivity index (χ1) is 12.9. The van der Waals surface area contributed by atoms with E-state index in [0.29, 0.717) is 32.0 Å². The van der Waals surface area contributed by atoms with Gasteiger partial charge in [-0.1, -0.05) is 0 Å². The minimum atomic E-state index is -4.14. The average molecular weight is 393 g/mol. The topological polar surface area (TPSA) is 91.0 Å². The summed E-state index contributed by atoms with van der Waals surface area (Å²) < 4.78 is 54.4. The van der Waals surface area contributed by atoms with Crippen LogP contribution in [0.1, 0.15) is 12.8 Å². The molecule has 2 aromatic heterocycles. The van der Waals surface area contributed by atoms with Crippen LogP contribution in [-0.2, 0) is 10.0 Å². The fourth-order valence-electron chi connectivity index (χ4n) is 3.29. The van der Waals surface area contributed by atoms with Gasteiger partial charge in [0.2, 0.25) is 10.0 Å². The molecular weight excluding hydrogens is 376 g/mol. The zero-order valence-corrected chi connectivity index (χ0v) is 15.0. The molecule has 1 saturated heterocycles. The number of aromatic nitrogens is 3. The van der Waals surface area contributed by atoms with E-state index < -0.39 is 26.6 Å². The molecule has 27 heavy (non-hydrogen) atoms. The Labute approximate surface area is 154 Å². The van der Waals surface area contributed by atoms with Gasteiger partial charge in [-0.2, -0.15) is 0 Å². The summed E-state index contributed by atoms with van der Waals surface area (Å²) in [6, 6.07) is 3.92. The van der Waals surface area contributed by atoms with Crippen LogP contribution in [0.4, 0.5) is 14.6 Å². The van der Waals surface area contributed by atoms with Gasteiger partial charge in [-0.05, 0) is 37.1 Å². The van der Waals surface area contributed by atoms with Crippen LogP contribution in [0.15, 0.2) is 41.7 Å². The second-order valence-electron chi connectivity index (χ2n) is 6.39. The lowest BCUT2D eigenvalue weighted by Crippen LogP contribution is -2.45. The third kappa shape index (κ3) is 3.50. The van der Waals surface area contributed by atoms with Crippen molar-refractivity contribution < 1.29 is 17.2 Å². The molecular formula is C17H17F2N5O2S. The molecule has 3 heterocycles. The van der Waals surface area contributed by atoms with Crippen LogP contribution in [0.2, 0.25) is 0 Å². The van der Waals surface area contributed by atoms with Crippen molar-refractivity contribution in [3.05, 3.63) is 48.4 Å². The number of rotatable bonds is 4. The molecule has 0 amide bonds. The lowest BCUT2D eigenvalue weighted by molar-refractivity contribution is 0.456. The number of nitrogens with zero attached hydrogens (tertiary/aromatic N) is 3. The van der Waals surface area contributed by atoms with Crippen molar-refractivity contribution in [3.8, 4) is 0 Å². The molecule has 0 bridgehead atoms.